The Balaban J connectivity index is 4.18. The van der Waals surface area contributed by atoms with E-state index in [4.69, 9.17) is 22.3 Å². The summed E-state index contributed by atoms with van der Waals surface area (Å²) in [7, 11) is 0. The van der Waals surface area contributed by atoms with E-state index in [2.05, 4.69) is 25.7 Å². The largest absolute Gasteiger partial charge is 0.381 e. The van der Waals surface area contributed by atoms with Crippen molar-refractivity contribution in [2.45, 2.75) is 78.1 Å². The van der Waals surface area contributed by atoms with Crippen LogP contribution in [0.5, 0.6) is 0 Å². The highest BCUT2D eigenvalue weighted by Gasteiger charge is 2.29. The molecule has 132 valence electrons. The van der Waals surface area contributed by atoms with Crippen LogP contribution in [-0.4, -0.2) is 26.4 Å². The Morgan fingerprint density at radius 2 is 1.13 bits per heavy atom. The van der Waals surface area contributed by atoms with E-state index in [9.17, 15) is 0 Å². The van der Waals surface area contributed by atoms with Crippen LogP contribution in [0.2, 0.25) is 0 Å². The summed E-state index contributed by atoms with van der Waals surface area (Å²) >= 11 is 0. The number of hydrogen-bond donors (Lipinski definition) is 0. The van der Waals surface area contributed by atoms with Gasteiger partial charge >= 0.3 is 0 Å². The molecule has 0 spiro atoms. The van der Waals surface area contributed by atoms with Crippen molar-refractivity contribution >= 4 is 0 Å². The van der Waals surface area contributed by atoms with Gasteiger partial charge in [-0.15, -0.1) is 24.7 Å². The lowest BCUT2D eigenvalue weighted by Gasteiger charge is -2.30. The Morgan fingerprint density at radius 1 is 0.696 bits per heavy atom. The maximum Gasteiger partial charge on any atom is 0.0562 e. The van der Waals surface area contributed by atoms with Crippen molar-refractivity contribution in [2.24, 2.45) is 5.41 Å². The summed E-state index contributed by atoms with van der Waals surface area (Å²) in [6.45, 7) is 7.19. The summed E-state index contributed by atoms with van der Waals surface area (Å²) in [6.07, 6.45) is 22.0. The van der Waals surface area contributed by atoms with Crippen LogP contribution in [0.15, 0.2) is 0 Å². The summed E-state index contributed by atoms with van der Waals surface area (Å²) < 4.78 is 11.8. The third-order valence-electron chi connectivity index (χ3n) is 4.06. The zero-order chi connectivity index (χ0) is 17.2. The summed E-state index contributed by atoms with van der Waals surface area (Å²) in [4.78, 5) is 0. The van der Waals surface area contributed by atoms with Gasteiger partial charge in [0.25, 0.3) is 0 Å². The topological polar surface area (TPSA) is 18.5 Å². The Bertz CT molecular complexity index is 301. The summed E-state index contributed by atoms with van der Waals surface area (Å²) in [5.41, 5.74) is -0.223. The number of rotatable bonds is 16. The van der Waals surface area contributed by atoms with Gasteiger partial charge in [0.2, 0.25) is 0 Å². The molecule has 0 radical (unpaired) electrons. The molecular formula is C21H36O2. The minimum atomic E-state index is -0.223. The molecule has 2 heteroatoms. The highest BCUT2D eigenvalue weighted by molar-refractivity contribution is 5.01. The van der Waals surface area contributed by atoms with Crippen LogP contribution in [0, 0.1) is 30.1 Å². The molecular weight excluding hydrogens is 284 g/mol. The predicted octanol–water partition coefficient (Wildman–Crippen LogP) is 5.21. The van der Waals surface area contributed by atoms with E-state index in [1.54, 1.807) is 0 Å². The lowest BCUT2D eigenvalue weighted by molar-refractivity contribution is -0.0195. The van der Waals surface area contributed by atoms with Gasteiger partial charge < -0.3 is 9.47 Å². The summed E-state index contributed by atoms with van der Waals surface area (Å²) in [5, 5.41) is 0. The van der Waals surface area contributed by atoms with Crippen LogP contribution in [0.4, 0.5) is 0 Å². The standard InChI is InChI=1S/C21H36O2/c1-5-9-11-13-17-22-19-21(15-7-3,16-8-4)20-23-18-14-12-10-6-2/h3-4H,5-6,9-20H2,1-2H3. The second-order valence-electron chi connectivity index (χ2n) is 6.49. The first-order valence-corrected chi connectivity index (χ1v) is 9.27. The molecule has 0 unspecified atom stereocenters. The second kappa shape index (κ2) is 15.9. The van der Waals surface area contributed by atoms with Crippen LogP contribution in [0.3, 0.4) is 0 Å². The van der Waals surface area contributed by atoms with E-state index in [-0.39, 0.29) is 5.41 Å². The molecule has 0 aliphatic carbocycles. The van der Waals surface area contributed by atoms with E-state index in [0.717, 1.165) is 26.1 Å². The number of terminal acetylenes is 2. The van der Waals surface area contributed by atoms with Crippen molar-refractivity contribution in [1.29, 1.82) is 0 Å². The fourth-order valence-corrected chi connectivity index (χ4v) is 2.58. The Labute approximate surface area is 144 Å². The Kier molecular flexibility index (Phi) is 15.3. The third kappa shape index (κ3) is 12.2. The molecule has 0 aliphatic rings. The highest BCUT2D eigenvalue weighted by Crippen LogP contribution is 2.27. The molecule has 0 rings (SSSR count). The Morgan fingerprint density at radius 3 is 1.48 bits per heavy atom. The van der Waals surface area contributed by atoms with Crippen molar-refractivity contribution in [2.75, 3.05) is 26.4 Å². The molecule has 0 atom stereocenters. The molecule has 0 aromatic carbocycles. The van der Waals surface area contributed by atoms with E-state index >= 15 is 0 Å². The number of unbranched alkanes of at least 4 members (excludes halogenated alkanes) is 6. The molecule has 0 N–H and O–H groups in total. The van der Waals surface area contributed by atoms with Crippen LogP contribution in [0.1, 0.15) is 78.1 Å². The molecule has 23 heavy (non-hydrogen) atoms. The number of ether oxygens (including phenoxy) is 2. The first kappa shape index (κ1) is 22.0. The minimum Gasteiger partial charge on any atom is -0.381 e. The maximum absolute atomic E-state index is 5.88. The molecule has 0 saturated carbocycles. The van der Waals surface area contributed by atoms with Gasteiger partial charge in [-0.2, -0.15) is 0 Å². The summed E-state index contributed by atoms with van der Waals surface area (Å²) in [6, 6.07) is 0. The van der Waals surface area contributed by atoms with Gasteiger partial charge in [0.05, 0.1) is 13.2 Å². The fraction of sp³-hybridized carbons (Fsp3) is 0.810. The molecule has 0 amide bonds. The second-order valence-corrected chi connectivity index (χ2v) is 6.49. The molecule has 0 bridgehead atoms. The van der Waals surface area contributed by atoms with Gasteiger partial charge in [-0.3, -0.25) is 0 Å². The quantitative estimate of drug-likeness (QED) is 0.287. The highest BCUT2D eigenvalue weighted by atomic mass is 16.5. The normalized spacial score (nSPS) is 11.1. The van der Waals surface area contributed by atoms with Crippen LogP contribution in [-0.2, 0) is 9.47 Å². The van der Waals surface area contributed by atoms with Gasteiger partial charge in [0.1, 0.15) is 0 Å². The predicted molar refractivity (Wildman–Crippen MR) is 99.3 cm³/mol. The third-order valence-corrected chi connectivity index (χ3v) is 4.06. The van der Waals surface area contributed by atoms with Crippen LogP contribution < -0.4 is 0 Å². The molecule has 0 aliphatic heterocycles. The molecule has 0 fully saturated rings. The van der Waals surface area contributed by atoms with Gasteiger partial charge in [0, 0.05) is 31.5 Å². The maximum atomic E-state index is 5.88. The zero-order valence-electron chi connectivity index (χ0n) is 15.4. The van der Waals surface area contributed by atoms with E-state index < -0.39 is 0 Å². The molecule has 2 nitrogen and oxygen atoms in total. The lowest BCUT2D eigenvalue weighted by Crippen LogP contribution is -2.32. The SMILES string of the molecule is C#CCC(CC#C)(COCCCCCC)COCCCCCC. The fourth-order valence-electron chi connectivity index (χ4n) is 2.58. The van der Waals surface area contributed by atoms with Crippen molar-refractivity contribution in [3.63, 3.8) is 0 Å². The number of hydrogen-bond acceptors (Lipinski definition) is 2. The minimum absolute atomic E-state index is 0.223. The average molecular weight is 321 g/mol. The van der Waals surface area contributed by atoms with E-state index in [1.807, 2.05) is 0 Å². The van der Waals surface area contributed by atoms with Crippen molar-refractivity contribution in [1.82, 2.24) is 0 Å². The Hall–Kier alpha value is -0.960. The van der Waals surface area contributed by atoms with E-state index in [1.165, 1.54) is 38.5 Å². The molecule has 0 aromatic rings. The zero-order valence-corrected chi connectivity index (χ0v) is 15.4. The van der Waals surface area contributed by atoms with Crippen molar-refractivity contribution in [3.8, 4) is 24.7 Å². The van der Waals surface area contributed by atoms with E-state index in [0.29, 0.717) is 26.1 Å². The smallest absolute Gasteiger partial charge is 0.0562 e. The summed E-state index contributed by atoms with van der Waals surface area (Å²) in [5.74, 6) is 5.52. The molecule has 0 heterocycles. The molecule has 0 aromatic heterocycles. The van der Waals surface area contributed by atoms with Crippen molar-refractivity contribution < 1.29 is 9.47 Å². The lowest BCUT2D eigenvalue weighted by atomic mass is 9.83. The monoisotopic (exact) mass is 320 g/mol. The van der Waals surface area contributed by atoms with Gasteiger partial charge in [0.15, 0.2) is 0 Å². The first-order valence-electron chi connectivity index (χ1n) is 9.27. The van der Waals surface area contributed by atoms with Gasteiger partial charge in [-0.25, -0.2) is 0 Å². The van der Waals surface area contributed by atoms with Crippen LogP contribution in [0.25, 0.3) is 0 Å². The van der Waals surface area contributed by atoms with Gasteiger partial charge in [-0.05, 0) is 12.8 Å². The average Bonchev–Trinajstić information content (AvgIpc) is 2.54. The van der Waals surface area contributed by atoms with Crippen molar-refractivity contribution in [3.05, 3.63) is 0 Å². The van der Waals surface area contributed by atoms with Crippen LogP contribution >= 0.6 is 0 Å². The first-order chi connectivity index (χ1) is 11.2. The molecule has 0 saturated heterocycles. The van der Waals surface area contributed by atoms with Gasteiger partial charge in [-0.1, -0.05) is 52.4 Å².